The second-order valence-electron chi connectivity index (χ2n) is 4.42. The fourth-order valence-corrected chi connectivity index (χ4v) is 3.49. The molecule has 0 bridgehead atoms. The molecule has 5 nitrogen and oxygen atoms in total. The minimum absolute atomic E-state index is 0.789. The Morgan fingerprint density at radius 3 is 2.65 bits per heavy atom. The van der Waals surface area contributed by atoms with Gasteiger partial charge in [-0.25, -0.2) is 15.0 Å². The third-order valence-electron chi connectivity index (χ3n) is 3.24. The molecule has 2 heterocycles. The van der Waals surface area contributed by atoms with Crippen LogP contribution in [-0.4, -0.2) is 56.1 Å². The lowest BCUT2D eigenvalue weighted by Gasteiger charge is -2.17. The van der Waals surface area contributed by atoms with Gasteiger partial charge in [0.25, 0.3) is 0 Å². The highest BCUT2D eigenvalue weighted by Crippen LogP contribution is 2.26. The summed E-state index contributed by atoms with van der Waals surface area (Å²) in [6, 6.07) is 0. The minimum Gasteiger partial charge on any atom is -0.330 e. The van der Waals surface area contributed by atoms with E-state index in [0.29, 0.717) is 0 Å². The van der Waals surface area contributed by atoms with Gasteiger partial charge in [-0.1, -0.05) is 25.6 Å². The second kappa shape index (κ2) is 7.28. The number of fused-ring (bicyclic) bond motifs is 1. The van der Waals surface area contributed by atoms with Gasteiger partial charge in [0, 0.05) is 19.3 Å². The number of aryl methyl sites for hydroxylation is 1. The molecule has 110 valence electrons. The Balaban J connectivity index is 2.17. The van der Waals surface area contributed by atoms with Gasteiger partial charge >= 0.3 is 0 Å². The molecule has 0 saturated carbocycles. The number of thioether (sulfide) groups is 2. The predicted octanol–water partition coefficient (Wildman–Crippen LogP) is 2.52. The number of rotatable bonds is 7. The van der Waals surface area contributed by atoms with Gasteiger partial charge in [-0.05, 0) is 19.3 Å². The topological polar surface area (TPSA) is 46.8 Å². The maximum absolute atomic E-state index is 4.64. The van der Waals surface area contributed by atoms with Crippen LogP contribution in [-0.2, 0) is 7.05 Å². The minimum atomic E-state index is 0.789. The third-order valence-corrected chi connectivity index (χ3v) is 4.73. The van der Waals surface area contributed by atoms with Crippen LogP contribution in [0.5, 0.6) is 0 Å². The van der Waals surface area contributed by atoms with Crippen molar-refractivity contribution < 1.29 is 0 Å². The first-order valence-corrected chi connectivity index (χ1v) is 8.98. The first-order valence-electron chi connectivity index (χ1n) is 6.77. The molecule has 0 aromatic carbocycles. The van der Waals surface area contributed by atoms with Gasteiger partial charge in [0.05, 0.1) is 6.33 Å². The molecule has 2 aromatic heterocycles. The van der Waals surface area contributed by atoms with Crippen LogP contribution < -0.4 is 0 Å². The summed E-state index contributed by atoms with van der Waals surface area (Å²) >= 11 is 3.35. The average molecular weight is 311 g/mol. The van der Waals surface area contributed by atoms with E-state index in [2.05, 4.69) is 33.7 Å². The monoisotopic (exact) mass is 311 g/mol. The molecule has 2 aromatic rings. The number of imidazole rings is 1. The quantitative estimate of drug-likeness (QED) is 0.445. The smallest absolute Gasteiger partial charge is 0.190 e. The Hall–Kier alpha value is -0.790. The van der Waals surface area contributed by atoms with Crippen molar-refractivity contribution in [3.63, 3.8) is 0 Å². The van der Waals surface area contributed by atoms with Crippen LogP contribution in [0.2, 0.25) is 0 Å². The van der Waals surface area contributed by atoms with E-state index in [1.807, 2.05) is 17.9 Å². The normalized spacial score (nSPS) is 11.7. The van der Waals surface area contributed by atoms with E-state index >= 15 is 0 Å². The van der Waals surface area contributed by atoms with Gasteiger partial charge in [0.1, 0.15) is 10.5 Å². The zero-order chi connectivity index (χ0) is 14.5. The summed E-state index contributed by atoms with van der Waals surface area (Å²) in [7, 11) is 1.99. The lowest BCUT2D eigenvalue weighted by Crippen LogP contribution is -2.25. The molecule has 0 amide bonds. The Bertz CT molecular complexity index is 565. The van der Waals surface area contributed by atoms with Crippen molar-refractivity contribution >= 4 is 34.7 Å². The van der Waals surface area contributed by atoms with Gasteiger partial charge in [-0.3, -0.25) is 0 Å². The van der Waals surface area contributed by atoms with Crippen LogP contribution in [0, 0.1) is 0 Å². The molecule has 0 atom stereocenters. The molecule has 0 radical (unpaired) electrons. The maximum atomic E-state index is 4.64. The Labute approximate surface area is 128 Å². The summed E-state index contributed by atoms with van der Waals surface area (Å²) in [4.78, 5) is 15.8. The predicted molar refractivity (Wildman–Crippen MR) is 86.6 cm³/mol. The highest BCUT2D eigenvalue weighted by atomic mass is 32.2. The van der Waals surface area contributed by atoms with Crippen molar-refractivity contribution in [2.75, 3.05) is 31.6 Å². The van der Waals surface area contributed by atoms with Crippen molar-refractivity contribution in [3.05, 3.63) is 6.33 Å². The van der Waals surface area contributed by atoms with Crippen LogP contribution in [0.3, 0.4) is 0 Å². The molecule has 0 N–H and O–H groups in total. The zero-order valence-corrected chi connectivity index (χ0v) is 14.1. The SMILES string of the molecule is CCN(CC)CCSc1nc(SC)nc2ncn(C)c12. The van der Waals surface area contributed by atoms with Gasteiger partial charge in [0.2, 0.25) is 0 Å². The van der Waals surface area contributed by atoms with Crippen LogP contribution >= 0.6 is 23.5 Å². The number of hydrogen-bond acceptors (Lipinski definition) is 6. The van der Waals surface area contributed by atoms with Gasteiger partial charge in [-0.15, -0.1) is 11.8 Å². The van der Waals surface area contributed by atoms with Crippen LogP contribution in [0.1, 0.15) is 13.8 Å². The number of hydrogen-bond donors (Lipinski definition) is 0. The molecule has 0 saturated heterocycles. The first-order chi connectivity index (χ1) is 9.69. The molecule has 0 unspecified atom stereocenters. The Morgan fingerprint density at radius 2 is 2.00 bits per heavy atom. The van der Waals surface area contributed by atoms with E-state index in [9.17, 15) is 0 Å². The standard InChI is InChI=1S/C13H21N5S2/c1-5-18(6-2)7-8-20-12-10-11(14-9-17(10)3)15-13(16-12)19-4/h9H,5-8H2,1-4H3. The molecule has 20 heavy (non-hydrogen) atoms. The highest BCUT2D eigenvalue weighted by molar-refractivity contribution is 7.99. The average Bonchev–Trinajstić information content (AvgIpc) is 2.85. The summed E-state index contributed by atoms with van der Waals surface area (Å²) in [6.45, 7) is 7.67. The van der Waals surface area contributed by atoms with Crippen molar-refractivity contribution in [2.45, 2.75) is 24.0 Å². The highest BCUT2D eigenvalue weighted by Gasteiger charge is 2.12. The molecule has 0 aliphatic rings. The maximum Gasteiger partial charge on any atom is 0.190 e. The summed E-state index contributed by atoms with van der Waals surface area (Å²) in [6.07, 6.45) is 3.80. The van der Waals surface area contributed by atoms with Crippen molar-refractivity contribution in [2.24, 2.45) is 7.05 Å². The Kier molecular flexibility index (Phi) is 5.68. The van der Waals surface area contributed by atoms with Crippen LogP contribution in [0.4, 0.5) is 0 Å². The lowest BCUT2D eigenvalue weighted by atomic mass is 10.5. The molecule has 0 aliphatic carbocycles. The van der Waals surface area contributed by atoms with Crippen LogP contribution in [0.15, 0.2) is 16.5 Å². The van der Waals surface area contributed by atoms with E-state index in [4.69, 9.17) is 0 Å². The van der Waals surface area contributed by atoms with E-state index in [1.165, 1.54) is 0 Å². The van der Waals surface area contributed by atoms with Gasteiger partial charge in [0.15, 0.2) is 10.8 Å². The van der Waals surface area contributed by atoms with Gasteiger partial charge in [-0.2, -0.15) is 0 Å². The largest absolute Gasteiger partial charge is 0.330 e. The van der Waals surface area contributed by atoms with E-state index in [-0.39, 0.29) is 0 Å². The zero-order valence-electron chi connectivity index (χ0n) is 12.5. The summed E-state index contributed by atoms with van der Waals surface area (Å²) in [5.41, 5.74) is 1.82. The Morgan fingerprint density at radius 1 is 1.25 bits per heavy atom. The lowest BCUT2D eigenvalue weighted by molar-refractivity contribution is 0.324. The summed E-state index contributed by atoms with van der Waals surface area (Å²) < 4.78 is 2.00. The number of nitrogens with zero attached hydrogens (tertiary/aromatic N) is 5. The van der Waals surface area contributed by atoms with E-state index in [1.54, 1.807) is 29.9 Å². The molecule has 7 heteroatoms. The fourth-order valence-electron chi connectivity index (χ4n) is 2.00. The second-order valence-corrected chi connectivity index (χ2v) is 6.28. The molecular formula is C13H21N5S2. The van der Waals surface area contributed by atoms with E-state index < -0.39 is 0 Å². The van der Waals surface area contributed by atoms with Crippen molar-refractivity contribution in [1.82, 2.24) is 24.4 Å². The fraction of sp³-hybridized carbons (Fsp3) is 0.615. The summed E-state index contributed by atoms with van der Waals surface area (Å²) in [5.74, 6) is 1.03. The van der Waals surface area contributed by atoms with Crippen molar-refractivity contribution in [3.8, 4) is 0 Å². The van der Waals surface area contributed by atoms with Crippen molar-refractivity contribution in [1.29, 1.82) is 0 Å². The summed E-state index contributed by atoms with van der Waals surface area (Å²) in [5, 5.41) is 1.83. The molecule has 0 aliphatic heterocycles. The molecule has 2 rings (SSSR count). The molecular weight excluding hydrogens is 290 g/mol. The third kappa shape index (κ3) is 3.45. The number of aromatic nitrogens is 4. The molecule has 0 fully saturated rings. The van der Waals surface area contributed by atoms with Gasteiger partial charge < -0.3 is 9.47 Å². The van der Waals surface area contributed by atoms with E-state index in [0.717, 1.165) is 46.7 Å². The first kappa shape index (κ1) is 15.6. The molecule has 0 spiro atoms. The van der Waals surface area contributed by atoms with Crippen LogP contribution in [0.25, 0.3) is 11.2 Å².